The number of anilines is 1. The summed E-state index contributed by atoms with van der Waals surface area (Å²) in [6.45, 7) is 4.17. The van der Waals surface area contributed by atoms with E-state index in [0.29, 0.717) is 42.6 Å². The molecule has 13 heteroatoms. The van der Waals surface area contributed by atoms with Crippen molar-refractivity contribution in [3.05, 3.63) is 48.1 Å². The molecule has 11 nitrogen and oxygen atoms in total. The third-order valence-corrected chi connectivity index (χ3v) is 7.94. The van der Waals surface area contributed by atoms with Crippen molar-refractivity contribution >= 4 is 16.0 Å². The lowest BCUT2D eigenvalue weighted by Crippen LogP contribution is -2.31. The highest BCUT2D eigenvalue weighted by atomic mass is 32.2. The Morgan fingerprint density at radius 2 is 1.80 bits per heavy atom. The normalized spacial score (nSPS) is 17.7. The van der Waals surface area contributed by atoms with Crippen LogP contribution in [0.1, 0.15) is 43.8 Å². The van der Waals surface area contributed by atoms with Crippen molar-refractivity contribution in [2.24, 2.45) is 0 Å². The molecule has 1 aliphatic rings. The average molecular weight is 507 g/mol. The summed E-state index contributed by atoms with van der Waals surface area (Å²) < 4.78 is 60.8. The Hall–Kier alpha value is -3.32. The van der Waals surface area contributed by atoms with Gasteiger partial charge < -0.3 is 14.2 Å². The molecule has 1 N–H and O–H groups in total. The van der Waals surface area contributed by atoms with Crippen LogP contribution in [0.4, 0.5) is 10.3 Å². The molecule has 1 aliphatic heterocycles. The van der Waals surface area contributed by atoms with Gasteiger partial charge in [0.15, 0.2) is 5.82 Å². The van der Waals surface area contributed by atoms with Gasteiger partial charge in [-0.05, 0) is 25.5 Å². The number of nitrogens with one attached hydrogen (secondary N) is 1. The zero-order valence-electron chi connectivity index (χ0n) is 19.8. The lowest BCUT2D eigenvalue weighted by molar-refractivity contribution is 0.193. The molecule has 0 amide bonds. The molecule has 35 heavy (non-hydrogen) atoms. The molecule has 0 aliphatic carbocycles. The van der Waals surface area contributed by atoms with Gasteiger partial charge in [-0.1, -0.05) is 13.0 Å². The molecule has 0 spiro atoms. The SMILES string of the molecule is COc1cccc(OC)c1-n1c(NS(=O)(=O)C(C)C(C)c2ncc(F)cn2)nnc1[C@@H]1CCOC1. The van der Waals surface area contributed by atoms with Gasteiger partial charge in [0, 0.05) is 18.4 Å². The molecule has 3 atom stereocenters. The monoisotopic (exact) mass is 506 g/mol. The van der Waals surface area contributed by atoms with Crippen molar-refractivity contribution in [3.8, 4) is 17.2 Å². The lowest BCUT2D eigenvalue weighted by atomic mass is 10.1. The molecule has 3 heterocycles. The fraction of sp³-hybridized carbons (Fsp3) is 0.455. The van der Waals surface area contributed by atoms with Crippen LogP contribution in [-0.4, -0.2) is 65.8 Å². The van der Waals surface area contributed by atoms with Crippen molar-refractivity contribution in [2.45, 2.75) is 37.4 Å². The fourth-order valence-corrected chi connectivity index (χ4v) is 5.13. The molecule has 188 valence electrons. The first-order valence-electron chi connectivity index (χ1n) is 11.0. The maximum absolute atomic E-state index is 13.4. The molecule has 1 fully saturated rings. The number of rotatable bonds is 9. The number of nitrogens with zero attached hydrogens (tertiary/aromatic N) is 5. The highest BCUT2D eigenvalue weighted by Crippen LogP contribution is 2.38. The zero-order valence-corrected chi connectivity index (χ0v) is 20.6. The van der Waals surface area contributed by atoms with E-state index in [-0.39, 0.29) is 17.7 Å². The number of ether oxygens (including phenoxy) is 3. The molecule has 4 rings (SSSR count). The van der Waals surface area contributed by atoms with Gasteiger partial charge in [-0.3, -0.25) is 9.29 Å². The van der Waals surface area contributed by atoms with Crippen LogP contribution in [0.5, 0.6) is 11.5 Å². The van der Waals surface area contributed by atoms with Crippen molar-refractivity contribution in [2.75, 3.05) is 32.2 Å². The van der Waals surface area contributed by atoms with E-state index in [9.17, 15) is 12.8 Å². The van der Waals surface area contributed by atoms with Gasteiger partial charge in [-0.15, -0.1) is 10.2 Å². The Kier molecular flexibility index (Phi) is 7.17. The van der Waals surface area contributed by atoms with Crippen LogP contribution in [0.15, 0.2) is 30.6 Å². The zero-order chi connectivity index (χ0) is 25.2. The molecule has 2 aromatic heterocycles. The van der Waals surface area contributed by atoms with E-state index in [2.05, 4.69) is 24.9 Å². The van der Waals surface area contributed by atoms with Crippen LogP contribution in [0.25, 0.3) is 5.69 Å². The van der Waals surface area contributed by atoms with Gasteiger partial charge in [0.05, 0.1) is 38.5 Å². The number of hydrogen-bond donors (Lipinski definition) is 1. The summed E-state index contributed by atoms with van der Waals surface area (Å²) in [5, 5.41) is 7.51. The molecule has 3 aromatic rings. The molecule has 0 saturated carbocycles. The minimum atomic E-state index is -4.01. The van der Waals surface area contributed by atoms with Gasteiger partial charge >= 0.3 is 0 Å². The topological polar surface area (TPSA) is 130 Å². The van der Waals surface area contributed by atoms with Crippen molar-refractivity contribution in [1.82, 2.24) is 24.7 Å². The first kappa shape index (κ1) is 24.8. The predicted molar refractivity (Wildman–Crippen MR) is 125 cm³/mol. The molecule has 1 saturated heterocycles. The second-order valence-electron chi connectivity index (χ2n) is 8.19. The van der Waals surface area contributed by atoms with E-state index in [0.717, 1.165) is 12.4 Å². The van der Waals surface area contributed by atoms with Crippen LogP contribution in [0, 0.1) is 5.82 Å². The summed E-state index contributed by atoms with van der Waals surface area (Å²) >= 11 is 0. The minimum Gasteiger partial charge on any atom is -0.494 e. The number of sulfonamides is 1. The van der Waals surface area contributed by atoms with Gasteiger partial charge in [-0.2, -0.15) is 0 Å². The molecule has 2 unspecified atom stereocenters. The third-order valence-electron chi connectivity index (χ3n) is 6.08. The van der Waals surface area contributed by atoms with Crippen molar-refractivity contribution in [1.29, 1.82) is 0 Å². The number of hydrogen-bond acceptors (Lipinski definition) is 9. The Morgan fingerprint density at radius 1 is 1.14 bits per heavy atom. The maximum atomic E-state index is 13.4. The average Bonchev–Trinajstić information content (AvgIpc) is 3.52. The third kappa shape index (κ3) is 4.91. The fourth-order valence-electron chi connectivity index (χ4n) is 3.89. The summed E-state index contributed by atoms with van der Waals surface area (Å²) in [6.07, 6.45) is 2.72. The highest BCUT2D eigenvalue weighted by Gasteiger charge is 2.34. The summed E-state index contributed by atoms with van der Waals surface area (Å²) in [4.78, 5) is 7.86. The van der Waals surface area contributed by atoms with Crippen LogP contribution in [0.2, 0.25) is 0 Å². The number of benzene rings is 1. The first-order valence-corrected chi connectivity index (χ1v) is 12.5. The number of methoxy groups -OCH3 is 2. The van der Waals surface area contributed by atoms with E-state index < -0.39 is 27.0 Å². The number of para-hydroxylation sites is 1. The Morgan fingerprint density at radius 3 is 2.37 bits per heavy atom. The van der Waals surface area contributed by atoms with E-state index in [4.69, 9.17) is 14.2 Å². The lowest BCUT2D eigenvalue weighted by Gasteiger charge is -2.22. The molecule has 0 bridgehead atoms. The van der Waals surface area contributed by atoms with Crippen molar-refractivity contribution in [3.63, 3.8) is 0 Å². The predicted octanol–water partition coefficient (Wildman–Crippen LogP) is 2.65. The number of halogens is 1. The van der Waals surface area contributed by atoms with E-state index in [1.54, 1.807) is 29.7 Å². The maximum Gasteiger partial charge on any atom is 0.243 e. The molecule has 1 aromatic carbocycles. The van der Waals surface area contributed by atoms with Crippen molar-refractivity contribution < 1.29 is 27.0 Å². The summed E-state index contributed by atoms with van der Waals surface area (Å²) in [5.74, 6) is 0.279. The minimum absolute atomic E-state index is 0.0197. The smallest absolute Gasteiger partial charge is 0.243 e. The standard InChI is InChI=1S/C22H27FN6O5S/c1-13(20-24-10-16(23)11-25-20)14(2)35(30,31)28-22-27-26-21(15-8-9-34-12-15)29(22)19-17(32-3)6-5-7-18(19)33-4/h5-7,10-11,13-15H,8-9,12H2,1-4H3,(H,27,28)/t13?,14?,15-/m1/s1. The van der Waals surface area contributed by atoms with E-state index >= 15 is 0 Å². The van der Waals surface area contributed by atoms with Crippen LogP contribution >= 0.6 is 0 Å². The molecule has 0 radical (unpaired) electrons. The number of aromatic nitrogens is 5. The Balaban J connectivity index is 1.76. The van der Waals surface area contributed by atoms with E-state index in [1.165, 1.54) is 21.1 Å². The Bertz CT molecular complexity index is 1260. The first-order chi connectivity index (χ1) is 16.8. The second kappa shape index (κ2) is 10.1. The van der Waals surface area contributed by atoms with Gasteiger partial charge in [0.25, 0.3) is 0 Å². The summed E-state index contributed by atoms with van der Waals surface area (Å²) in [6, 6.07) is 5.24. The van der Waals surface area contributed by atoms with Crippen LogP contribution in [0.3, 0.4) is 0 Å². The van der Waals surface area contributed by atoms with Gasteiger partial charge in [-0.25, -0.2) is 22.8 Å². The summed E-state index contributed by atoms with van der Waals surface area (Å²) in [7, 11) is -0.988. The van der Waals surface area contributed by atoms with E-state index in [1.807, 2.05) is 0 Å². The molecular formula is C22H27FN6O5S. The van der Waals surface area contributed by atoms with Gasteiger partial charge in [0.1, 0.15) is 28.8 Å². The largest absolute Gasteiger partial charge is 0.494 e. The highest BCUT2D eigenvalue weighted by molar-refractivity contribution is 7.93. The quantitative estimate of drug-likeness (QED) is 0.465. The second-order valence-corrected chi connectivity index (χ2v) is 10.2. The molecular weight excluding hydrogens is 479 g/mol. The Labute approximate surface area is 202 Å². The van der Waals surface area contributed by atoms with Crippen LogP contribution < -0.4 is 14.2 Å². The van der Waals surface area contributed by atoms with Crippen LogP contribution in [-0.2, 0) is 14.8 Å². The van der Waals surface area contributed by atoms with Gasteiger partial charge in [0.2, 0.25) is 16.0 Å². The summed E-state index contributed by atoms with van der Waals surface area (Å²) in [5.41, 5.74) is 0.463.